The van der Waals surface area contributed by atoms with E-state index < -0.39 is 0 Å². The number of carbonyl (C=O) groups is 1. The fourth-order valence-corrected chi connectivity index (χ4v) is 4.61. The first-order chi connectivity index (χ1) is 14.2. The zero-order chi connectivity index (χ0) is 20.6. The second kappa shape index (κ2) is 10.4. The Balaban J connectivity index is 1.61. The number of likely N-dealkylation sites (N-methyl/N-ethyl adjacent to an activating group) is 1. The van der Waals surface area contributed by atoms with Crippen LogP contribution in [0.1, 0.15) is 43.4 Å². The summed E-state index contributed by atoms with van der Waals surface area (Å²) in [7, 11) is 1.79. The smallest absolute Gasteiger partial charge is 0.225 e. The summed E-state index contributed by atoms with van der Waals surface area (Å²) in [5.74, 6) is 0.965. The molecular formula is C22H31N5OS. The van der Waals surface area contributed by atoms with Crippen molar-refractivity contribution in [1.82, 2.24) is 15.5 Å². The zero-order valence-electron chi connectivity index (χ0n) is 17.4. The Morgan fingerprint density at radius 1 is 1.28 bits per heavy atom. The van der Waals surface area contributed by atoms with E-state index >= 15 is 0 Å². The molecule has 0 radical (unpaired) electrons. The van der Waals surface area contributed by atoms with Crippen LogP contribution < -0.4 is 16.0 Å². The van der Waals surface area contributed by atoms with Crippen LogP contribution in [0.25, 0.3) is 0 Å². The van der Waals surface area contributed by atoms with Gasteiger partial charge in [-0.15, -0.1) is 0 Å². The van der Waals surface area contributed by atoms with Gasteiger partial charge < -0.3 is 16.0 Å². The number of para-hydroxylation sites is 1. The van der Waals surface area contributed by atoms with Crippen molar-refractivity contribution in [3.05, 3.63) is 52.2 Å². The fourth-order valence-electron chi connectivity index (χ4n) is 3.90. The number of nitrogens with one attached hydrogen (secondary N) is 3. The van der Waals surface area contributed by atoms with E-state index in [1.807, 2.05) is 18.2 Å². The topological polar surface area (TPSA) is 68.8 Å². The predicted octanol–water partition coefficient (Wildman–Crippen LogP) is 3.42. The maximum atomic E-state index is 12.0. The molecule has 7 heteroatoms. The van der Waals surface area contributed by atoms with Gasteiger partial charge in [-0.2, -0.15) is 11.3 Å². The first-order valence-electron chi connectivity index (χ1n) is 10.3. The van der Waals surface area contributed by atoms with Crippen LogP contribution in [0, 0.1) is 0 Å². The van der Waals surface area contributed by atoms with Gasteiger partial charge >= 0.3 is 0 Å². The standard InChI is InChI=1S/C22H31N5OS/c1-4-27(5-2)20(16-10-11-29-15-16)14-25-22(23-3)24-13-17-12-21(28)26-19-9-7-6-8-18(17)19/h6-11,15,17,20H,4-5,12-14H2,1-3H3,(H,26,28)(H2,23,24,25). The molecule has 1 aromatic carbocycles. The van der Waals surface area contributed by atoms with Crippen LogP contribution in [0.2, 0.25) is 0 Å². The third kappa shape index (κ3) is 5.36. The number of carbonyl (C=O) groups excluding carboxylic acids is 1. The highest BCUT2D eigenvalue weighted by atomic mass is 32.1. The molecule has 2 aromatic rings. The van der Waals surface area contributed by atoms with Gasteiger partial charge in [0.25, 0.3) is 0 Å². The molecule has 1 aliphatic heterocycles. The van der Waals surface area contributed by atoms with Gasteiger partial charge in [0.15, 0.2) is 5.96 Å². The van der Waals surface area contributed by atoms with Crippen LogP contribution in [0.4, 0.5) is 5.69 Å². The van der Waals surface area contributed by atoms with Crippen molar-refractivity contribution in [2.75, 3.05) is 38.5 Å². The lowest BCUT2D eigenvalue weighted by Gasteiger charge is -2.30. The first-order valence-corrected chi connectivity index (χ1v) is 11.2. The summed E-state index contributed by atoms with van der Waals surface area (Å²) in [5, 5.41) is 14.2. The van der Waals surface area contributed by atoms with Crippen molar-refractivity contribution >= 4 is 28.9 Å². The highest BCUT2D eigenvalue weighted by Gasteiger charge is 2.25. The van der Waals surface area contributed by atoms with Gasteiger partial charge in [-0.3, -0.25) is 14.7 Å². The van der Waals surface area contributed by atoms with Gasteiger partial charge in [-0.05, 0) is 47.1 Å². The number of rotatable bonds is 8. The molecule has 3 N–H and O–H groups in total. The van der Waals surface area contributed by atoms with Gasteiger partial charge in [0, 0.05) is 38.2 Å². The van der Waals surface area contributed by atoms with E-state index in [9.17, 15) is 4.79 Å². The minimum atomic E-state index is 0.0671. The molecule has 1 aromatic heterocycles. The van der Waals surface area contributed by atoms with Crippen LogP contribution in [-0.2, 0) is 4.79 Å². The quantitative estimate of drug-likeness (QED) is 0.458. The highest BCUT2D eigenvalue weighted by Crippen LogP contribution is 2.31. The number of amides is 1. The van der Waals surface area contributed by atoms with Crippen molar-refractivity contribution in [2.45, 2.75) is 32.2 Å². The molecule has 2 atom stereocenters. The average Bonchev–Trinajstić information content (AvgIpc) is 3.27. The minimum Gasteiger partial charge on any atom is -0.356 e. The molecule has 0 bridgehead atoms. The number of hydrogen-bond donors (Lipinski definition) is 3. The van der Waals surface area contributed by atoms with Crippen LogP contribution >= 0.6 is 11.3 Å². The molecule has 1 amide bonds. The van der Waals surface area contributed by atoms with Crippen LogP contribution in [0.5, 0.6) is 0 Å². The maximum absolute atomic E-state index is 12.0. The molecule has 0 saturated carbocycles. The molecule has 6 nitrogen and oxygen atoms in total. The number of aliphatic imine (C=N–C) groups is 1. The Morgan fingerprint density at radius 3 is 2.76 bits per heavy atom. The number of hydrogen-bond acceptors (Lipinski definition) is 4. The Labute approximate surface area is 177 Å². The number of fused-ring (bicyclic) bond motifs is 1. The van der Waals surface area contributed by atoms with E-state index in [-0.39, 0.29) is 11.8 Å². The van der Waals surface area contributed by atoms with Gasteiger partial charge in [0.1, 0.15) is 0 Å². The van der Waals surface area contributed by atoms with Crippen molar-refractivity contribution in [3.63, 3.8) is 0 Å². The summed E-state index contributed by atoms with van der Waals surface area (Å²) in [6, 6.07) is 10.5. The molecule has 0 saturated heterocycles. The number of anilines is 1. The van der Waals surface area contributed by atoms with Crippen molar-refractivity contribution < 1.29 is 4.79 Å². The van der Waals surface area contributed by atoms with E-state index in [4.69, 9.17) is 0 Å². The SMILES string of the molecule is CCN(CC)C(CNC(=NC)NCC1CC(=O)Nc2ccccc21)c1ccsc1. The lowest BCUT2D eigenvalue weighted by molar-refractivity contribution is -0.116. The summed E-state index contributed by atoms with van der Waals surface area (Å²) in [6.45, 7) is 7.83. The summed E-state index contributed by atoms with van der Waals surface area (Å²) in [5.41, 5.74) is 3.42. The summed E-state index contributed by atoms with van der Waals surface area (Å²) in [6.07, 6.45) is 0.484. The summed E-state index contributed by atoms with van der Waals surface area (Å²) < 4.78 is 0. The molecule has 156 valence electrons. The molecule has 2 heterocycles. The van der Waals surface area contributed by atoms with E-state index in [0.29, 0.717) is 19.0 Å². The van der Waals surface area contributed by atoms with E-state index in [1.165, 1.54) is 11.1 Å². The third-order valence-corrected chi connectivity index (χ3v) is 6.19. The third-order valence-electron chi connectivity index (χ3n) is 5.49. The van der Waals surface area contributed by atoms with Crippen molar-refractivity contribution in [1.29, 1.82) is 0 Å². The normalized spacial score (nSPS) is 17.6. The van der Waals surface area contributed by atoms with E-state index in [1.54, 1.807) is 18.4 Å². The monoisotopic (exact) mass is 413 g/mol. The number of guanidine groups is 1. The second-order valence-electron chi connectivity index (χ2n) is 7.16. The molecule has 0 fully saturated rings. The molecule has 1 aliphatic rings. The molecule has 3 rings (SSSR count). The molecule has 2 unspecified atom stereocenters. The van der Waals surface area contributed by atoms with Crippen molar-refractivity contribution in [3.8, 4) is 0 Å². The second-order valence-corrected chi connectivity index (χ2v) is 7.94. The van der Waals surface area contributed by atoms with Crippen LogP contribution in [0.3, 0.4) is 0 Å². The summed E-state index contributed by atoms with van der Waals surface area (Å²) in [4.78, 5) is 18.9. The average molecular weight is 414 g/mol. The first kappa shape index (κ1) is 21.3. The van der Waals surface area contributed by atoms with E-state index in [0.717, 1.165) is 31.3 Å². The Morgan fingerprint density at radius 2 is 2.07 bits per heavy atom. The number of benzene rings is 1. The lowest BCUT2D eigenvalue weighted by atomic mass is 9.90. The zero-order valence-corrected chi connectivity index (χ0v) is 18.3. The maximum Gasteiger partial charge on any atom is 0.225 e. The van der Waals surface area contributed by atoms with Gasteiger partial charge in [-0.25, -0.2) is 0 Å². The Kier molecular flexibility index (Phi) is 7.66. The van der Waals surface area contributed by atoms with Crippen LogP contribution in [0.15, 0.2) is 46.1 Å². The van der Waals surface area contributed by atoms with Crippen LogP contribution in [-0.4, -0.2) is 50.0 Å². The fraction of sp³-hybridized carbons (Fsp3) is 0.455. The Hall–Kier alpha value is -2.38. The Bertz CT molecular complexity index is 816. The van der Waals surface area contributed by atoms with Gasteiger partial charge in [0.05, 0.1) is 6.04 Å². The molecule has 0 spiro atoms. The van der Waals surface area contributed by atoms with E-state index in [2.05, 4.69) is 62.6 Å². The molecule has 29 heavy (non-hydrogen) atoms. The number of thiophene rings is 1. The van der Waals surface area contributed by atoms with Gasteiger partial charge in [0.2, 0.25) is 5.91 Å². The highest BCUT2D eigenvalue weighted by molar-refractivity contribution is 7.08. The van der Waals surface area contributed by atoms with Gasteiger partial charge in [-0.1, -0.05) is 32.0 Å². The van der Waals surface area contributed by atoms with Crippen molar-refractivity contribution in [2.24, 2.45) is 4.99 Å². The largest absolute Gasteiger partial charge is 0.356 e. The molecular weight excluding hydrogens is 382 g/mol. The number of nitrogens with zero attached hydrogens (tertiary/aromatic N) is 2. The minimum absolute atomic E-state index is 0.0671. The molecule has 0 aliphatic carbocycles. The predicted molar refractivity (Wildman–Crippen MR) is 122 cm³/mol. The lowest BCUT2D eigenvalue weighted by Crippen LogP contribution is -2.44. The summed E-state index contributed by atoms with van der Waals surface area (Å²) >= 11 is 1.73.